The SMILES string of the molecule is C[C@@H](OCCS(=O)(=O)C(C)(C)C)C(=O)O. The molecule has 6 heteroatoms. The van der Waals surface area contributed by atoms with Gasteiger partial charge in [0.15, 0.2) is 15.9 Å². The molecule has 0 aliphatic rings. The quantitative estimate of drug-likeness (QED) is 0.762. The van der Waals surface area contributed by atoms with E-state index in [0.717, 1.165) is 0 Å². The molecule has 0 bridgehead atoms. The highest BCUT2D eigenvalue weighted by Crippen LogP contribution is 2.15. The first-order valence-corrected chi connectivity index (χ1v) is 6.30. The Bertz CT molecular complexity index is 312. The lowest BCUT2D eigenvalue weighted by atomic mass is 10.3. The number of rotatable bonds is 5. The first-order chi connectivity index (χ1) is 6.58. The van der Waals surface area contributed by atoms with Crippen molar-refractivity contribution in [1.29, 1.82) is 0 Å². The Labute approximate surface area is 90.4 Å². The van der Waals surface area contributed by atoms with Gasteiger partial charge in [-0.1, -0.05) is 0 Å². The molecule has 1 N–H and O–H groups in total. The maximum absolute atomic E-state index is 11.6. The van der Waals surface area contributed by atoms with E-state index in [1.165, 1.54) is 6.92 Å². The Kier molecular flexibility index (Phi) is 4.73. The van der Waals surface area contributed by atoms with Gasteiger partial charge < -0.3 is 9.84 Å². The van der Waals surface area contributed by atoms with Gasteiger partial charge in [0.25, 0.3) is 0 Å². The monoisotopic (exact) mass is 238 g/mol. The van der Waals surface area contributed by atoms with Crippen LogP contribution in [0.5, 0.6) is 0 Å². The molecule has 0 saturated heterocycles. The maximum atomic E-state index is 11.6. The average Bonchev–Trinajstić information content (AvgIpc) is 2.01. The molecule has 0 amide bonds. The van der Waals surface area contributed by atoms with Gasteiger partial charge in [0.2, 0.25) is 0 Å². The number of carboxylic acids is 1. The summed E-state index contributed by atoms with van der Waals surface area (Å²) in [6.07, 6.45) is -0.972. The van der Waals surface area contributed by atoms with Gasteiger partial charge in [-0.3, -0.25) is 0 Å². The minimum atomic E-state index is -3.24. The Balaban J connectivity index is 4.14. The number of sulfone groups is 1. The van der Waals surface area contributed by atoms with Crippen LogP contribution in [0.3, 0.4) is 0 Å². The van der Waals surface area contributed by atoms with E-state index < -0.39 is 26.7 Å². The molecular weight excluding hydrogens is 220 g/mol. The molecule has 0 heterocycles. The minimum absolute atomic E-state index is 0.0902. The van der Waals surface area contributed by atoms with Crippen LogP contribution in [0.25, 0.3) is 0 Å². The highest BCUT2D eigenvalue weighted by atomic mass is 32.2. The molecule has 0 radical (unpaired) electrons. The first kappa shape index (κ1) is 14.4. The highest BCUT2D eigenvalue weighted by molar-refractivity contribution is 7.92. The van der Waals surface area contributed by atoms with E-state index in [1.807, 2.05) is 0 Å². The third kappa shape index (κ3) is 4.61. The Morgan fingerprint density at radius 2 is 1.87 bits per heavy atom. The van der Waals surface area contributed by atoms with Gasteiger partial charge in [0.1, 0.15) is 0 Å². The predicted molar refractivity (Wildman–Crippen MR) is 56.6 cm³/mol. The van der Waals surface area contributed by atoms with Crippen LogP contribution in [0.15, 0.2) is 0 Å². The van der Waals surface area contributed by atoms with Crippen molar-refractivity contribution in [1.82, 2.24) is 0 Å². The molecule has 5 nitrogen and oxygen atoms in total. The number of ether oxygens (including phenoxy) is 1. The fraction of sp³-hybridized carbons (Fsp3) is 0.889. The van der Waals surface area contributed by atoms with E-state index in [-0.39, 0.29) is 12.4 Å². The van der Waals surface area contributed by atoms with Crippen LogP contribution in [-0.2, 0) is 19.4 Å². The largest absolute Gasteiger partial charge is 0.479 e. The van der Waals surface area contributed by atoms with Gasteiger partial charge in [-0.2, -0.15) is 0 Å². The van der Waals surface area contributed by atoms with Crippen LogP contribution in [0, 0.1) is 0 Å². The van der Waals surface area contributed by atoms with Crippen molar-refractivity contribution in [2.75, 3.05) is 12.4 Å². The number of carbonyl (C=O) groups is 1. The van der Waals surface area contributed by atoms with Crippen molar-refractivity contribution in [2.24, 2.45) is 0 Å². The van der Waals surface area contributed by atoms with Crippen LogP contribution in [0.4, 0.5) is 0 Å². The van der Waals surface area contributed by atoms with Crippen molar-refractivity contribution in [3.63, 3.8) is 0 Å². The fourth-order valence-corrected chi connectivity index (χ4v) is 1.64. The van der Waals surface area contributed by atoms with E-state index in [0.29, 0.717) is 0 Å². The summed E-state index contributed by atoms with van der Waals surface area (Å²) in [5, 5.41) is 8.50. The van der Waals surface area contributed by atoms with Crippen molar-refractivity contribution in [2.45, 2.75) is 38.5 Å². The van der Waals surface area contributed by atoms with Crippen LogP contribution in [0.2, 0.25) is 0 Å². The molecule has 0 rings (SSSR count). The molecule has 90 valence electrons. The van der Waals surface area contributed by atoms with Crippen molar-refractivity contribution < 1.29 is 23.1 Å². The molecular formula is C9H18O5S. The zero-order valence-corrected chi connectivity index (χ0v) is 10.3. The molecule has 0 aromatic rings. The molecule has 0 spiro atoms. The van der Waals surface area contributed by atoms with Gasteiger partial charge in [0.05, 0.1) is 17.1 Å². The molecule has 0 aromatic heterocycles. The third-order valence-corrected chi connectivity index (χ3v) is 4.57. The number of hydrogen-bond acceptors (Lipinski definition) is 4. The van der Waals surface area contributed by atoms with Crippen LogP contribution in [0.1, 0.15) is 27.7 Å². The summed E-state index contributed by atoms with van der Waals surface area (Å²) in [6, 6.07) is 0. The van der Waals surface area contributed by atoms with Crippen LogP contribution in [-0.4, -0.2) is 42.7 Å². The minimum Gasteiger partial charge on any atom is -0.479 e. The second kappa shape index (κ2) is 4.94. The summed E-state index contributed by atoms with van der Waals surface area (Å²) in [4.78, 5) is 10.4. The molecule has 0 aliphatic heterocycles. The molecule has 0 saturated carbocycles. The van der Waals surface area contributed by atoms with Gasteiger partial charge in [-0.05, 0) is 27.7 Å². The second-order valence-corrected chi connectivity index (χ2v) is 7.14. The second-order valence-electron chi connectivity index (χ2n) is 4.28. The molecule has 0 unspecified atom stereocenters. The van der Waals surface area contributed by atoms with Crippen LogP contribution < -0.4 is 0 Å². The lowest BCUT2D eigenvalue weighted by Crippen LogP contribution is -2.33. The van der Waals surface area contributed by atoms with Gasteiger partial charge in [-0.15, -0.1) is 0 Å². The van der Waals surface area contributed by atoms with E-state index in [4.69, 9.17) is 9.84 Å². The van der Waals surface area contributed by atoms with Crippen molar-refractivity contribution in [3.8, 4) is 0 Å². The first-order valence-electron chi connectivity index (χ1n) is 4.64. The lowest BCUT2D eigenvalue weighted by molar-refractivity contribution is -0.148. The van der Waals surface area contributed by atoms with E-state index in [2.05, 4.69) is 0 Å². The summed E-state index contributed by atoms with van der Waals surface area (Å²) in [5.41, 5.74) is 0. The third-order valence-electron chi connectivity index (χ3n) is 2.00. The normalized spacial score (nSPS) is 14.9. The topological polar surface area (TPSA) is 80.7 Å². The van der Waals surface area contributed by atoms with Gasteiger partial charge in [0, 0.05) is 0 Å². The fourth-order valence-electron chi connectivity index (χ4n) is 0.712. The summed E-state index contributed by atoms with van der Waals surface area (Å²) in [6.45, 7) is 6.08. The molecule has 0 fully saturated rings. The lowest BCUT2D eigenvalue weighted by Gasteiger charge is -2.19. The summed E-state index contributed by atoms with van der Waals surface area (Å²) < 4.78 is 27.2. The standard InChI is InChI=1S/C9H18O5S/c1-7(8(10)11)14-5-6-15(12,13)9(2,3)4/h7H,5-6H2,1-4H3,(H,10,11)/t7-/m1/s1. The van der Waals surface area contributed by atoms with Crippen LogP contribution >= 0.6 is 0 Å². The molecule has 0 aromatic carbocycles. The number of carboxylic acid groups (broad SMARTS) is 1. The summed E-state index contributed by atoms with van der Waals surface area (Å²) in [5.74, 6) is -1.25. The highest BCUT2D eigenvalue weighted by Gasteiger charge is 2.28. The zero-order valence-electron chi connectivity index (χ0n) is 9.48. The van der Waals surface area contributed by atoms with E-state index in [9.17, 15) is 13.2 Å². The molecule has 15 heavy (non-hydrogen) atoms. The Hall–Kier alpha value is -0.620. The Morgan fingerprint density at radius 3 is 2.20 bits per heavy atom. The van der Waals surface area contributed by atoms with Gasteiger partial charge in [-0.25, -0.2) is 13.2 Å². The number of hydrogen-bond donors (Lipinski definition) is 1. The summed E-state index contributed by atoms with van der Waals surface area (Å²) in [7, 11) is -3.24. The van der Waals surface area contributed by atoms with E-state index >= 15 is 0 Å². The predicted octanol–water partition coefficient (Wildman–Crippen LogP) is 0.689. The van der Waals surface area contributed by atoms with Crippen molar-refractivity contribution in [3.05, 3.63) is 0 Å². The van der Waals surface area contributed by atoms with Crippen molar-refractivity contribution >= 4 is 15.8 Å². The van der Waals surface area contributed by atoms with Gasteiger partial charge >= 0.3 is 5.97 Å². The van der Waals surface area contributed by atoms with E-state index in [1.54, 1.807) is 20.8 Å². The molecule has 1 atom stereocenters. The smallest absolute Gasteiger partial charge is 0.332 e. The average molecular weight is 238 g/mol. The zero-order chi connectivity index (χ0) is 12.3. The number of aliphatic carboxylic acids is 1. The Morgan fingerprint density at radius 1 is 1.40 bits per heavy atom. The summed E-state index contributed by atoms with van der Waals surface area (Å²) >= 11 is 0. The molecule has 0 aliphatic carbocycles. The maximum Gasteiger partial charge on any atom is 0.332 e.